The van der Waals surface area contributed by atoms with E-state index in [1.165, 1.54) is 6.26 Å². The number of hydrogen-bond acceptors (Lipinski definition) is 9. The molecule has 0 radical (unpaired) electrons. The highest BCUT2D eigenvalue weighted by molar-refractivity contribution is 7.90. The minimum atomic E-state index is -3.27. The molecule has 2 aliphatic rings. The number of benzene rings is 2. The molecule has 1 fully saturated rings. The largest absolute Gasteiger partial charge is 0.486 e. The van der Waals surface area contributed by atoms with Crippen LogP contribution in [0, 0.1) is 5.92 Å². The van der Waals surface area contributed by atoms with Gasteiger partial charge >= 0.3 is 0 Å². The Balaban J connectivity index is 1.21. The van der Waals surface area contributed by atoms with Gasteiger partial charge in [-0.05, 0) is 78.8 Å². The Morgan fingerprint density at radius 2 is 1.74 bits per heavy atom. The standard InChI is InChI=1S/C23H25N5O5S/c1-34(30,31)19-5-3-18(4-6-19)28-22(24-25-26-28)15-27-10-8-16(9-11-27)23(29)17-2-7-20-21(14-17)33-13-12-32-20/h2-7,14,16H,8-13,15H2,1H3. The molecule has 0 N–H and O–H groups in total. The Morgan fingerprint density at radius 1 is 1.03 bits per heavy atom. The van der Waals surface area contributed by atoms with Gasteiger partial charge in [0.1, 0.15) is 13.2 Å². The molecule has 5 rings (SSSR count). The first-order valence-electron chi connectivity index (χ1n) is 11.1. The molecule has 2 aliphatic heterocycles. The lowest BCUT2D eigenvalue weighted by Crippen LogP contribution is -2.36. The predicted molar refractivity (Wildman–Crippen MR) is 122 cm³/mol. The van der Waals surface area contributed by atoms with Gasteiger partial charge in [0.2, 0.25) is 0 Å². The van der Waals surface area contributed by atoms with E-state index >= 15 is 0 Å². The second kappa shape index (κ2) is 9.15. The summed E-state index contributed by atoms with van der Waals surface area (Å²) in [7, 11) is -3.27. The topological polar surface area (TPSA) is 117 Å². The second-order valence-corrected chi connectivity index (χ2v) is 10.6. The average molecular weight is 484 g/mol. The number of sulfone groups is 1. The lowest BCUT2D eigenvalue weighted by Gasteiger charge is -2.31. The first-order chi connectivity index (χ1) is 16.4. The summed E-state index contributed by atoms with van der Waals surface area (Å²) in [6, 6.07) is 11.9. The fourth-order valence-corrected chi connectivity index (χ4v) is 4.96. The number of carbonyl (C=O) groups is 1. The SMILES string of the molecule is CS(=O)(=O)c1ccc(-n2nnnc2CN2CCC(C(=O)c3ccc4c(c3)OCCO4)CC2)cc1. The van der Waals surface area contributed by atoms with E-state index in [9.17, 15) is 13.2 Å². The van der Waals surface area contributed by atoms with Crippen LogP contribution in [-0.2, 0) is 16.4 Å². The zero-order valence-corrected chi connectivity index (χ0v) is 19.6. The summed E-state index contributed by atoms with van der Waals surface area (Å²) in [5.74, 6) is 2.06. The van der Waals surface area contributed by atoms with Crippen molar-refractivity contribution in [1.82, 2.24) is 25.1 Å². The van der Waals surface area contributed by atoms with Crippen LogP contribution in [-0.4, -0.2) is 71.9 Å². The van der Waals surface area contributed by atoms with Crippen LogP contribution in [0.25, 0.3) is 5.69 Å². The van der Waals surface area contributed by atoms with Gasteiger partial charge in [-0.3, -0.25) is 9.69 Å². The average Bonchev–Trinajstić information content (AvgIpc) is 3.31. The summed E-state index contributed by atoms with van der Waals surface area (Å²) in [5.41, 5.74) is 1.35. The number of carbonyl (C=O) groups excluding carboxylic acids is 1. The highest BCUT2D eigenvalue weighted by Gasteiger charge is 2.28. The van der Waals surface area contributed by atoms with Crippen LogP contribution in [0.15, 0.2) is 47.4 Å². The molecule has 3 heterocycles. The van der Waals surface area contributed by atoms with Crippen LogP contribution < -0.4 is 9.47 Å². The Kier molecular flexibility index (Phi) is 6.05. The van der Waals surface area contributed by atoms with Gasteiger partial charge in [0.25, 0.3) is 0 Å². The maximum atomic E-state index is 13.1. The number of likely N-dealkylation sites (tertiary alicyclic amines) is 1. The molecule has 0 spiro atoms. The fraction of sp³-hybridized carbons (Fsp3) is 0.391. The molecule has 0 unspecified atom stereocenters. The number of Topliss-reactive ketones (excluding diaryl/α,β-unsaturated/α-hetero) is 1. The first-order valence-corrected chi connectivity index (χ1v) is 13.0. The highest BCUT2D eigenvalue weighted by atomic mass is 32.2. The van der Waals surface area contributed by atoms with Crippen molar-refractivity contribution in [2.75, 3.05) is 32.6 Å². The van der Waals surface area contributed by atoms with Gasteiger partial charge in [0.15, 0.2) is 32.9 Å². The summed E-state index contributed by atoms with van der Waals surface area (Å²) in [4.78, 5) is 15.5. The molecule has 0 amide bonds. The number of ketones is 1. The molecule has 0 aliphatic carbocycles. The Hall–Kier alpha value is -3.31. The highest BCUT2D eigenvalue weighted by Crippen LogP contribution is 2.32. The van der Waals surface area contributed by atoms with E-state index in [1.807, 2.05) is 6.07 Å². The quantitative estimate of drug-likeness (QED) is 0.485. The molecule has 1 saturated heterocycles. The van der Waals surface area contributed by atoms with Crippen molar-refractivity contribution in [2.45, 2.75) is 24.3 Å². The normalized spacial score (nSPS) is 17.0. The van der Waals surface area contributed by atoms with E-state index < -0.39 is 9.84 Å². The summed E-state index contributed by atoms with van der Waals surface area (Å²) >= 11 is 0. The Bertz CT molecular complexity index is 1300. The van der Waals surface area contributed by atoms with Gasteiger partial charge < -0.3 is 9.47 Å². The molecule has 0 saturated carbocycles. The third kappa shape index (κ3) is 4.66. The number of piperidine rings is 1. The lowest BCUT2D eigenvalue weighted by atomic mass is 9.88. The zero-order chi connectivity index (χ0) is 23.7. The summed E-state index contributed by atoms with van der Waals surface area (Å²) in [6.07, 6.45) is 2.67. The van der Waals surface area contributed by atoms with Gasteiger partial charge in [-0.1, -0.05) is 0 Å². The minimum absolute atomic E-state index is 0.0432. The monoisotopic (exact) mass is 483 g/mol. The third-order valence-electron chi connectivity index (χ3n) is 6.19. The van der Waals surface area contributed by atoms with Crippen molar-refractivity contribution in [3.8, 4) is 17.2 Å². The predicted octanol–water partition coefficient (Wildman–Crippen LogP) is 1.93. The van der Waals surface area contributed by atoms with E-state index in [1.54, 1.807) is 41.1 Å². The first kappa shape index (κ1) is 22.5. The molecule has 0 bridgehead atoms. The number of aromatic nitrogens is 4. The van der Waals surface area contributed by atoms with Gasteiger partial charge in [0, 0.05) is 17.7 Å². The van der Waals surface area contributed by atoms with E-state index in [0.29, 0.717) is 48.3 Å². The molecular formula is C23H25N5O5S. The number of nitrogens with zero attached hydrogens (tertiary/aromatic N) is 5. The van der Waals surface area contributed by atoms with Gasteiger partial charge in [-0.2, -0.15) is 4.68 Å². The van der Waals surface area contributed by atoms with E-state index in [0.717, 1.165) is 25.9 Å². The molecular weight excluding hydrogens is 458 g/mol. The fourth-order valence-electron chi connectivity index (χ4n) is 4.32. The zero-order valence-electron chi connectivity index (χ0n) is 18.8. The Labute approximate surface area is 197 Å². The Morgan fingerprint density at radius 3 is 2.44 bits per heavy atom. The van der Waals surface area contributed by atoms with E-state index in [2.05, 4.69) is 20.4 Å². The molecule has 11 heteroatoms. The van der Waals surface area contributed by atoms with Crippen molar-refractivity contribution in [3.05, 3.63) is 53.9 Å². The molecule has 0 atom stereocenters. The number of rotatable bonds is 6. The molecule has 178 valence electrons. The molecule has 2 aromatic carbocycles. The maximum absolute atomic E-state index is 13.1. The van der Waals surface area contributed by atoms with Crippen molar-refractivity contribution >= 4 is 15.6 Å². The van der Waals surface area contributed by atoms with Crippen molar-refractivity contribution in [1.29, 1.82) is 0 Å². The van der Waals surface area contributed by atoms with Crippen LogP contribution in [0.1, 0.15) is 29.0 Å². The molecule has 3 aromatic rings. The van der Waals surface area contributed by atoms with Gasteiger partial charge in [-0.25, -0.2) is 8.42 Å². The van der Waals surface area contributed by atoms with Gasteiger partial charge in [0.05, 0.1) is 17.1 Å². The van der Waals surface area contributed by atoms with E-state index in [4.69, 9.17) is 9.47 Å². The van der Waals surface area contributed by atoms with Crippen molar-refractivity contribution in [3.63, 3.8) is 0 Å². The van der Waals surface area contributed by atoms with Gasteiger partial charge in [-0.15, -0.1) is 5.10 Å². The summed E-state index contributed by atoms with van der Waals surface area (Å²) in [5, 5.41) is 12.0. The summed E-state index contributed by atoms with van der Waals surface area (Å²) < 4.78 is 36.2. The van der Waals surface area contributed by atoms with Crippen molar-refractivity contribution in [2.24, 2.45) is 5.92 Å². The number of ether oxygens (including phenoxy) is 2. The minimum Gasteiger partial charge on any atom is -0.486 e. The van der Waals surface area contributed by atoms with Crippen molar-refractivity contribution < 1.29 is 22.7 Å². The molecule has 10 nitrogen and oxygen atoms in total. The third-order valence-corrected chi connectivity index (χ3v) is 7.32. The number of hydrogen-bond donors (Lipinski definition) is 0. The molecule has 1 aromatic heterocycles. The van der Waals surface area contributed by atoms with Crippen LogP contribution in [0.5, 0.6) is 11.5 Å². The number of fused-ring (bicyclic) bond motifs is 1. The van der Waals surface area contributed by atoms with Crippen LogP contribution >= 0.6 is 0 Å². The number of tetrazole rings is 1. The smallest absolute Gasteiger partial charge is 0.175 e. The lowest BCUT2D eigenvalue weighted by molar-refractivity contribution is 0.0831. The van der Waals surface area contributed by atoms with Crippen LogP contribution in [0.3, 0.4) is 0 Å². The molecule has 34 heavy (non-hydrogen) atoms. The second-order valence-electron chi connectivity index (χ2n) is 8.55. The van der Waals surface area contributed by atoms with Crippen LogP contribution in [0.4, 0.5) is 0 Å². The maximum Gasteiger partial charge on any atom is 0.175 e. The summed E-state index contributed by atoms with van der Waals surface area (Å²) in [6.45, 7) is 3.05. The van der Waals surface area contributed by atoms with Crippen LogP contribution in [0.2, 0.25) is 0 Å². The van der Waals surface area contributed by atoms with E-state index in [-0.39, 0.29) is 16.6 Å².